The van der Waals surface area contributed by atoms with Crippen molar-refractivity contribution in [2.75, 3.05) is 0 Å². The Bertz CT molecular complexity index is 1180. The minimum Gasteiger partial charge on any atom is -0.478 e. The van der Waals surface area contributed by atoms with Gasteiger partial charge in [-0.25, -0.2) is 14.0 Å². The molecule has 0 spiro atoms. The molecule has 0 saturated carbocycles. The highest BCUT2D eigenvalue weighted by molar-refractivity contribution is 5.92. The Balaban J connectivity index is 1.94. The minimum absolute atomic E-state index is 0.149. The molecule has 1 atom stereocenters. The first-order valence-corrected chi connectivity index (χ1v) is 11.7. The minimum atomic E-state index is -0.915. The average Bonchev–Trinajstić information content (AvgIpc) is 2.83. The SMILES string of the molecule is CCCCC(C)c1c(-c2ccc(OC(=O)c3ccc(C)c(F)c3)cc2)ccc(C(=O)O)c1CC. The summed E-state index contributed by atoms with van der Waals surface area (Å²) in [7, 11) is 0. The number of aromatic carboxylic acids is 1. The summed E-state index contributed by atoms with van der Waals surface area (Å²) >= 11 is 0. The summed E-state index contributed by atoms with van der Waals surface area (Å²) in [5.74, 6) is -1.43. The molecule has 4 nitrogen and oxygen atoms in total. The van der Waals surface area contributed by atoms with Crippen molar-refractivity contribution in [2.45, 2.75) is 59.3 Å². The molecular formula is C29H31FO4. The van der Waals surface area contributed by atoms with Gasteiger partial charge in [0, 0.05) is 0 Å². The third-order valence-electron chi connectivity index (χ3n) is 6.21. The van der Waals surface area contributed by atoms with Crippen LogP contribution in [0.15, 0.2) is 54.6 Å². The van der Waals surface area contributed by atoms with Gasteiger partial charge in [-0.15, -0.1) is 0 Å². The molecule has 0 aliphatic heterocycles. The quantitative estimate of drug-likeness (QED) is 0.263. The first kappa shape index (κ1) is 25.2. The maximum Gasteiger partial charge on any atom is 0.343 e. The lowest BCUT2D eigenvalue weighted by Gasteiger charge is -2.22. The van der Waals surface area contributed by atoms with E-state index in [-0.39, 0.29) is 11.5 Å². The first-order valence-electron chi connectivity index (χ1n) is 11.7. The van der Waals surface area contributed by atoms with E-state index in [1.165, 1.54) is 12.1 Å². The van der Waals surface area contributed by atoms with Crippen LogP contribution >= 0.6 is 0 Å². The summed E-state index contributed by atoms with van der Waals surface area (Å²) in [5.41, 5.74) is 4.80. The molecule has 1 unspecified atom stereocenters. The summed E-state index contributed by atoms with van der Waals surface area (Å²) in [6.07, 6.45) is 3.74. The Kier molecular flexibility index (Phi) is 8.21. The van der Waals surface area contributed by atoms with E-state index in [2.05, 4.69) is 13.8 Å². The predicted molar refractivity (Wildman–Crippen MR) is 132 cm³/mol. The zero-order valence-corrected chi connectivity index (χ0v) is 20.2. The molecule has 34 heavy (non-hydrogen) atoms. The van der Waals surface area contributed by atoms with Gasteiger partial charge in [0.05, 0.1) is 11.1 Å². The number of ether oxygens (including phenoxy) is 1. The maximum atomic E-state index is 13.8. The van der Waals surface area contributed by atoms with Crippen molar-refractivity contribution in [3.63, 3.8) is 0 Å². The Hall–Kier alpha value is -3.47. The van der Waals surface area contributed by atoms with E-state index in [0.29, 0.717) is 23.3 Å². The highest BCUT2D eigenvalue weighted by Crippen LogP contribution is 2.37. The van der Waals surface area contributed by atoms with Crippen molar-refractivity contribution in [3.05, 3.63) is 88.2 Å². The lowest BCUT2D eigenvalue weighted by molar-refractivity contribution is 0.0693. The molecule has 0 amide bonds. The lowest BCUT2D eigenvalue weighted by atomic mass is 9.82. The first-order chi connectivity index (χ1) is 16.3. The molecule has 0 heterocycles. The molecule has 0 bridgehead atoms. The van der Waals surface area contributed by atoms with Gasteiger partial charge in [-0.1, -0.05) is 57.9 Å². The smallest absolute Gasteiger partial charge is 0.343 e. The molecule has 0 aromatic heterocycles. The standard InChI is InChI=1S/C29H31FO4/c1-5-7-8-19(4)27-23(6-2)25(28(31)32)16-15-24(27)20-11-13-22(14-12-20)34-29(33)21-10-9-18(3)26(30)17-21/h9-17,19H,5-8H2,1-4H3,(H,31,32). The van der Waals surface area contributed by atoms with Gasteiger partial charge in [0.1, 0.15) is 11.6 Å². The zero-order chi connectivity index (χ0) is 24.8. The van der Waals surface area contributed by atoms with Crippen LogP contribution in [-0.2, 0) is 6.42 Å². The highest BCUT2D eigenvalue weighted by atomic mass is 19.1. The number of aryl methyl sites for hydroxylation is 1. The number of carboxylic acid groups (broad SMARTS) is 1. The van der Waals surface area contributed by atoms with Gasteiger partial charge in [0.15, 0.2) is 0 Å². The van der Waals surface area contributed by atoms with Gasteiger partial charge in [0.25, 0.3) is 0 Å². The van der Waals surface area contributed by atoms with Crippen LogP contribution in [0.4, 0.5) is 4.39 Å². The van der Waals surface area contributed by atoms with E-state index < -0.39 is 17.8 Å². The van der Waals surface area contributed by atoms with Crippen LogP contribution < -0.4 is 4.74 Å². The number of carbonyl (C=O) groups excluding carboxylic acids is 1. The second kappa shape index (κ2) is 11.1. The fraction of sp³-hybridized carbons (Fsp3) is 0.310. The number of hydrogen-bond acceptors (Lipinski definition) is 3. The van der Waals surface area contributed by atoms with Crippen LogP contribution in [0, 0.1) is 12.7 Å². The summed E-state index contributed by atoms with van der Waals surface area (Å²) in [5, 5.41) is 9.72. The van der Waals surface area contributed by atoms with Crippen molar-refractivity contribution in [1.82, 2.24) is 0 Å². The normalized spacial score (nSPS) is 11.8. The van der Waals surface area contributed by atoms with E-state index in [1.807, 2.05) is 25.1 Å². The van der Waals surface area contributed by atoms with Crippen LogP contribution in [0.1, 0.15) is 83.4 Å². The Morgan fingerprint density at radius 3 is 2.32 bits per heavy atom. The molecule has 1 N–H and O–H groups in total. The lowest BCUT2D eigenvalue weighted by Crippen LogP contribution is -2.10. The summed E-state index contributed by atoms with van der Waals surface area (Å²) in [4.78, 5) is 24.3. The molecule has 0 radical (unpaired) electrons. The molecule has 0 saturated heterocycles. The molecule has 178 valence electrons. The molecule has 3 aromatic carbocycles. The van der Waals surface area contributed by atoms with Crippen molar-refractivity contribution in [3.8, 4) is 16.9 Å². The summed E-state index contributed by atoms with van der Waals surface area (Å²) in [6, 6.07) is 14.9. The fourth-order valence-corrected chi connectivity index (χ4v) is 4.30. The van der Waals surface area contributed by atoms with Gasteiger partial charge < -0.3 is 9.84 Å². The van der Waals surface area contributed by atoms with Gasteiger partial charge in [-0.2, -0.15) is 0 Å². The third-order valence-corrected chi connectivity index (χ3v) is 6.21. The second-order valence-corrected chi connectivity index (χ2v) is 8.63. The van der Waals surface area contributed by atoms with Gasteiger partial charge in [-0.05, 0) is 83.8 Å². The van der Waals surface area contributed by atoms with E-state index in [9.17, 15) is 19.1 Å². The van der Waals surface area contributed by atoms with Crippen molar-refractivity contribution in [1.29, 1.82) is 0 Å². The number of carboxylic acids is 1. The molecule has 0 aliphatic rings. The number of benzene rings is 3. The van der Waals surface area contributed by atoms with E-state index >= 15 is 0 Å². The largest absolute Gasteiger partial charge is 0.478 e. The van der Waals surface area contributed by atoms with Gasteiger partial charge in [0.2, 0.25) is 0 Å². The van der Waals surface area contributed by atoms with Crippen molar-refractivity contribution >= 4 is 11.9 Å². The monoisotopic (exact) mass is 462 g/mol. The molecule has 0 fully saturated rings. The predicted octanol–water partition coefficient (Wildman–Crippen LogP) is 7.57. The van der Waals surface area contributed by atoms with Crippen LogP contribution in [-0.4, -0.2) is 17.0 Å². The Morgan fingerprint density at radius 1 is 1.03 bits per heavy atom. The molecule has 5 heteroatoms. The topological polar surface area (TPSA) is 63.6 Å². The van der Waals surface area contributed by atoms with Gasteiger partial charge in [-0.3, -0.25) is 0 Å². The van der Waals surface area contributed by atoms with E-state index in [4.69, 9.17) is 4.74 Å². The van der Waals surface area contributed by atoms with Crippen molar-refractivity contribution in [2.24, 2.45) is 0 Å². The Labute approximate surface area is 200 Å². The summed E-state index contributed by atoms with van der Waals surface area (Å²) < 4.78 is 19.2. The number of hydrogen-bond donors (Lipinski definition) is 1. The third kappa shape index (κ3) is 5.53. The second-order valence-electron chi connectivity index (χ2n) is 8.63. The number of rotatable bonds is 9. The van der Waals surface area contributed by atoms with Crippen LogP contribution in [0.5, 0.6) is 5.75 Å². The Morgan fingerprint density at radius 2 is 1.74 bits per heavy atom. The zero-order valence-electron chi connectivity index (χ0n) is 20.2. The fourth-order valence-electron chi connectivity index (χ4n) is 4.30. The molecule has 3 rings (SSSR count). The van der Waals surface area contributed by atoms with Gasteiger partial charge >= 0.3 is 11.9 Å². The summed E-state index contributed by atoms with van der Waals surface area (Å²) in [6.45, 7) is 7.91. The highest BCUT2D eigenvalue weighted by Gasteiger charge is 2.21. The molecular weight excluding hydrogens is 431 g/mol. The molecule has 3 aromatic rings. The van der Waals surface area contributed by atoms with Crippen LogP contribution in [0.3, 0.4) is 0 Å². The number of unbranched alkanes of at least 4 members (excludes halogenated alkanes) is 1. The number of carbonyl (C=O) groups is 2. The number of halogens is 1. The van der Waals surface area contributed by atoms with Crippen LogP contribution in [0.2, 0.25) is 0 Å². The van der Waals surface area contributed by atoms with Crippen molar-refractivity contribution < 1.29 is 23.8 Å². The average molecular weight is 463 g/mol. The number of esters is 1. The van der Waals surface area contributed by atoms with Crippen LogP contribution in [0.25, 0.3) is 11.1 Å². The van der Waals surface area contributed by atoms with E-state index in [1.54, 1.807) is 31.2 Å². The van der Waals surface area contributed by atoms with E-state index in [0.717, 1.165) is 41.5 Å². The maximum absolute atomic E-state index is 13.8. The molecule has 0 aliphatic carbocycles.